The van der Waals surface area contributed by atoms with Crippen LogP contribution in [0, 0.1) is 33.5 Å². The van der Waals surface area contributed by atoms with Gasteiger partial charge in [-0.15, -0.1) is 0 Å². The van der Waals surface area contributed by atoms with Gasteiger partial charge in [-0.2, -0.15) is 0 Å². The van der Waals surface area contributed by atoms with Crippen LogP contribution in [0.5, 0.6) is 0 Å². The molecule has 6 aromatic carbocycles. The molecule has 4 saturated carbocycles. The monoisotopic (exact) mass is 1780 g/mol. The van der Waals surface area contributed by atoms with E-state index in [2.05, 4.69) is 10.6 Å². The number of nitrogens with one attached hydrogen (secondary N) is 2. The lowest BCUT2D eigenvalue weighted by Crippen LogP contribution is -2.82. The Labute approximate surface area is 744 Å². The summed E-state index contributed by atoms with van der Waals surface area (Å²) in [6.45, 7) is 15.9. The number of ketones is 2. The molecule has 0 aromatic heterocycles. The highest BCUT2D eigenvalue weighted by atomic mass is 16.7. The molecular weight excluding hydrogens is 1670 g/mol. The van der Waals surface area contributed by atoms with Crippen LogP contribution in [-0.2, 0) is 90.5 Å². The molecule has 6 aliphatic carbocycles. The van der Waals surface area contributed by atoms with Crippen LogP contribution in [0.2, 0.25) is 0 Å². The third-order valence-corrected chi connectivity index (χ3v) is 27.2. The van der Waals surface area contributed by atoms with Gasteiger partial charge in [0.2, 0.25) is 6.41 Å². The number of carbonyl (C=O) groups is 13. The average Bonchev–Trinajstić information content (AvgIpc) is 0.671. The number of rotatable bonds is 21. The number of benzene rings is 6. The zero-order chi connectivity index (χ0) is 94.2. The predicted molar refractivity (Wildman–Crippen MR) is 455 cm³/mol. The summed E-state index contributed by atoms with van der Waals surface area (Å²) in [6, 6.07) is 45.9. The Morgan fingerprint density at radius 1 is 0.442 bits per heavy atom. The lowest BCUT2D eigenvalue weighted by molar-refractivity contribution is -0.346. The van der Waals surface area contributed by atoms with Crippen molar-refractivity contribution in [2.75, 3.05) is 27.3 Å². The highest BCUT2D eigenvalue weighted by molar-refractivity contribution is 5.99. The second-order valence-electron chi connectivity index (χ2n) is 35.8. The summed E-state index contributed by atoms with van der Waals surface area (Å²) in [5, 5.41) is 80.5. The molecule has 32 nitrogen and oxygen atoms in total. The summed E-state index contributed by atoms with van der Waals surface area (Å²) in [7, 11) is 3.38. The van der Waals surface area contributed by atoms with E-state index in [-0.39, 0.29) is 70.6 Å². The Bertz CT molecular complexity index is 5000. The maximum atomic E-state index is 15.5. The molecule has 6 aromatic rings. The highest BCUT2D eigenvalue weighted by Gasteiger charge is 2.81. The van der Waals surface area contributed by atoms with Gasteiger partial charge < -0.3 is 93.5 Å². The van der Waals surface area contributed by atoms with Crippen LogP contribution >= 0.6 is 0 Å². The van der Waals surface area contributed by atoms with Gasteiger partial charge in [-0.05, 0) is 110 Å². The maximum absolute atomic E-state index is 15.5. The first-order chi connectivity index (χ1) is 60.8. The molecule has 2 saturated heterocycles. The van der Waals surface area contributed by atoms with E-state index < -0.39 is 225 Å². The Kier molecular flexibility index (Phi) is 28.0. The first-order valence-corrected chi connectivity index (χ1v) is 42.3. The van der Waals surface area contributed by atoms with Crippen molar-refractivity contribution in [3.05, 3.63) is 238 Å². The molecule has 2 heterocycles. The van der Waals surface area contributed by atoms with Crippen molar-refractivity contribution in [2.24, 2.45) is 33.5 Å². The van der Waals surface area contributed by atoms with Crippen molar-refractivity contribution >= 4 is 77.5 Å². The van der Waals surface area contributed by atoms with E-state index >= 15 is 9.59 Å². The Balaban J connectivity index is 0.000000222. The van der Waals surface area contributed by atoms with Gasteiger partial charge in [0.15, 0.2) is 47.2 Å². The first-order valence-electron chi connectivity index (χ1n) is 42.3. The number of esters is 8. The molecule has 2 aliphatic heterocycles. The van der Waals surface area contributed by atoms with Gasteiger partial charge in [0, 0.05) is 89.4 Å². The minimum Gasteiger partial charge on any atom is -0.456 e. The third-order valence-electron chi connectivity index (χ3n) is 27.2. The highest BCUT2D eigenvalue weighted by Crippen LogP contribution is 2.67. The van der Waals surface area contributed by atoms with Crippen LogP contribution in [-0.4, -0.2) is 236 Å². The molecule has 0 spiro atoms. The number of hydrogen-bond acceptors (Lipinski definition) is 29. The summed E-state index contributed by atoms with van der Waals surface area (Å²) < 4.78 is 60.5. The molecule has 686 valence electrons. The number of fused-ring (bicyclic) bond motifs is 10. The van der Waals surface area contributed by atoms with E-state index in [1.807, 2.05) is 0 Å². The molecule has 6 fully saturated rings. The molecular formula is C97H109N3O29. The molecule has 8 aliphatic rings. The Hall–Kier alpha value is -12.0. The zero-order valence-corrected chi connectivity index (χ0v) is 73.9. The fourth-order valence-electron chi connectivity index (χ4n) is 20.4. The average molecular weight is 1780 g/mol. The van der Waals surface area contributed by atoms with E-state index in [4.69, 9.17) is 47.4 Å². The van der Waals surface area contributed by atoms with Crippen LogP contribution in [0.25, 0.3) is 0 Å². The van der Waals surface area contributed by atoms with Crippen molar-refractivity contribution in [1.29, 1.82) is 0 Å². The Morgan fingerprint density at radius 3 is 0.992 bits per heavy atom. The van der Waals surface area contributed by atoms with Crippen molar-refractivity contribution in [3.8, 4) is 0 Å². The van der Waals surface area contributed by atoms with Crippen molar-refractivity contribution in [3.63, 3.8) is 0 Å². The second kappa shape index (κ2) is 37.6. The Morgan fingerprint density at radius 2 is 0.729 bits per heavy atom. The SMILES string of the molecule is CC(=O)O[C@H]1C(=O)[C@@]2(C)C(C(OC(=O)c3ccccc3)[C@]3(O)C[C@H](OC(=O)[C@H](O)[C@@H](NC(=O)c4ccccc4)c4ccccc4)C(C)=C1C3(C)C)[C@]1(OC(C)=O)CO[C@@H]1C[C@@H]2O.CC(=O)O[C@H]1C(=O)[C@@]2(C)C(C(OC(=O)c3ccccc3)[C@]3(O)C[C@H](OC(=O)[C@H](O)[C@@H](NC(=O)c4ccccc4)c4ccccc4)C(C)=C1C3(C)C)[C@]1(OC(C)=O)CO[C@@H]1C[C@@H]2O.CN(C)C=O. The molecule has 14 rings (SSSR count). The van der Waals surface area contributed by atoms with E-state index in [1.54, 1.807) is 200 Å². The van der Waals surface area contributed by atoms with Gasteiger partial charge in [-0.25, -0.2) is 19.2 Å². The van der Waals surface area contributed by atoms with E-state index in [0.717, 1.165) is 34.1 Å². The topological polar surface area (TPSA) is 463 Å². The van der Waals surface area contributed by atoms with Gasteiger partial charge in [-0.1, -0.05) is 161 Å². The number of aliphatic hydroxyl groups excluding tert-OH is 4. The van der Waals surface area contributed by atoms with Gasteiger partial charge in [0.1, 0.15) is 47.8 Å². The second-order valence-corrected chi connectivity index (χ2v) is 35.8. The minimum atomic E-state index is -2.39. The van der Waals surface area contributed by atoms with Crippen LogP contribution in [0.3, 0.4) is 0 Å². The third kappa shape index (κ3) is 17.7. The minimum absolute atomic E-state index is 0.00289. The summed E-state index contributed by atoms with van der Waals surface area (Å²) in [6.07, 6.45) is -20.3. The molecule has 32 heteroatoms. The summed E-state index contributed by atoms with van der Waals surface area (Å²) in [5.41, 5.74) is -14.0. The number of amides is 3. The summed E-state index contributed by atoms with van der Waals surface area (Å²) in [4.78, 5) is 178. The number of carbonyl (C=O) groups excluding carboxylic acids is 13. The molecule has 8 N–H and O–H groups in total. The summed E-state index contributed by atoms with van der Waals surface area (Å²) in [5.74, 6) is -13.7. The van der Waals surface area contributed by atoms with Crippen molar-refractivity contribution < 1.29 is 140 Å². The predicted octanol–water partition coefficient (Wildman–Crippen LogP) is 7.18. The first kappa shape index (κ1) is 96.1. The van der Waals surface area contributed by atoms with E-state index in [9.17, 15) is 83.4 Å². The quantitative estimate of drug-likeness (QED) is 0.0153. The smallest absolute Gasteiger partial charge is 0.338 e. The van der Waals surface area contributed by atoms with Gasteiger partial charge in [0.05, 0.1) is 71.3 Å². The molecule has 4 unspecified atom stereocenters. The van der Waals surface area contributed by atoms with E-state index in [0.29, 0.717) is 11.1 Å². The normalized spacial score (nSPS) is 30.9. The number of hydrogen-bond donors (Lipinski definition) is 8. The van der Waals surface area contributed by atoms with E-state index in [1.165, 1.54) is 56.9 Å². The van der Waals surface area contributed by atoms with Crippen molar-refractivity contribution in [1.82, 2.24) is 15.5 Å². The van der Waals surface area contributed by atoms with Gasteiger partial charge in [0.25, 0.3) is 11.8 Å². The lowest BCUT2D eigenvalue weighted by Gasteiger charge is -2.67. The molecule has 3 amide bonds. The maximum Gasteiger partial charge on any atom is 0.338 e. The fraction of sp³-hybridized carbons (Fsp3) is 0.454. The standard InChI is InChI=1S/2C47H51NO14.C3H7NO/c2*1-25-31(60-43(56)36(52)35(28-16-10-7-11-17-28)48-41(54)29-18-12-8-13-19-29)23-47(57)40(61-42(55)30-20-14-9-15-21-30)38-45(6,32(51)22-33-46(38,24-58-33)62-27(3)50)39(53)37(59-26(2)49)34(25)44(47,4)5;1-4(2)3-5/h2*7-21,31-33,35-38,40,51-52,57H,22-24H2,1-6H3,(H,48,54);3H,1-2H3/t2*31-,32-,33+,35-,36+,37+,38?,40?,45+,46-,47+;/m00./s1. The number of Topliss-reactive ketones (excluding diaryl/α,β-unsaturated/α-hetero) is 2. The van der Waals surface area contributed by atoms with Crippen LogP contribution < -0.4 is 10.6 Å². The lowest BCUT2D eigenvalue weighted by atomic mass is 9.44. The zero-order valence-electron chi connectivity index (χ0n) is 73.9. The van der Waals surface area contributed by atoms with Crippen molar-refractivity contribution in [2.45, 2.75) is 217 Å². The van der Waals surface area contributed by atoms with Crippen LogP contribution in [0.15, 0.2) is 204 Å². The summed E-state index contributed by atoms with van der Waals surface area (Å²) >= 11 is 0. The molecule has 4 bridgehead atoms. The largest absolute Gasteiger partial charge is 0.456 e. The number of ether oxygens (including phenoxy) is 10. The molecule has 129 heavy (non-hydrogen) atoms. The number of nitrogens with zero attached hydrogens (tertiary/aromatic N) is 1. The molecule has 0 radical (unpaired) electrons. The van der Waals surface area contributed by atoms with Gasteiger partial charge >= 0.3 is 47.8 Å². The molecule has 22 atom stereocenters. The fourth-order valence-corrected chi connectivity index (χ4v) is 20.4. The number of aliphatic hydroxyl groups is 6. The van der Waals surface area contributed by atoms with Crippen LogP contribution in [0.1, 0.15) is 173 Å². The van der Waals surface area contributed by atoms with Gasteiger partial charge in [-0.3, -0.25) is 43.2 Å². The van der Waals surface area contributed by atoms with Crippen LogP contribution in [0.4, 0.5) is 0 Å².